The summed E-state index contributed by atoms with van der Waals surface area (Å²) >= 11 is 0. The molecular formula is C20H21N3O5S. The molecule has 1 atom stereocenters. The minimum atomic E-state index is -3.28. The number of H-pyrrole nitrogens is 1. The maximum absolute atomic E-state index is 12.3. The molecule has 0 spiro atoms. The molecular weight excluding hydrogens is 394 g/mol. The zero-order valence-corrected chi connectivity index (χ0v) is 16.8. The summed E-state index contributed by atoms with van der Waals surface area (Å²) in [6.45, 7) is 1.90. The lowest BCUT2D eigenvalue weighted by Crippen LogP contribution is -2.33. The summed E-state index contributed by atoms with van der Waals surface area (Å²) in [4.78, 5) is 38.9. The average molecular weight is 415 g/mol. The molecule has 2 N–H and O–H groups in total. The van der Waals surface area contributed by atoms with Crippen molar-refractivity contribution >= 4 is 26.6 Å². The second kappa shape index (κ2) is 8.04. The number of aromatic nitrogens is 2. The fraction of sp³-hybridized carbons (Fsp3) is 0.250. The second-order valence-corrected chi connectivity index (χ2v) is 8.82. The topological polar surface area (TPSA) is 118 Å². The van der Waals surface area contributed by atoms with Crippen LogP contribution in [0.15, 0.2) is 63.0 Å². The van der Waals surface area contributed by atoms with Crippen LogP contribution in [0.25, 0.3) is 10.9 Å². The highest BCUT2D eigenvalue weighted by Crippen LogP contribution is 2.16. The highest BCUT2D eigenvalue weighted by atomic mass is 32.2. The van der Waals surface area contributed by atoms with Crippen LogP contribution >= 0.6 is 0 Å². The maximum atomic E-state index is 12.3. The zero-order chi connectivity index (χ0) is 21.2. The van der Waals surface area contributed by atoms with E-state index in [-0.39, 0.29) is 29.8 Å². The molecule has 0 saturated heterocycles. The molecule has 0 saturated carbocycles. The first-order chi connectivity index (χ1) is 13.7. The molecule has 0 aliphatic heterocycles. The number of carbonyl (C=O) groups excluding carboxylic acids is 1. The summed E-state index contributed by atoms with van der Waals surface area (Å²) in [6, 6.07) is 12.7. The molecule has 29 heavy (non-hydrogen) atoms. The van der Waals surface area contributed by atoms with Crippen LogP contribution in [-0.2, 0) is 21.2 Å². The summed E-state index contributed by atoms with van der Waals surface area (Å²) in [5.74, 6) is -0.271. The summed E-state index contributed by atoms with van der Waals surface area (Å²) in [5, 5.41) is 3.21. The Balaban J connectivity index is 1.70. The molecule has 9 heteroatoms. The Bertz CT molecular complexity index is 1270. The van der Waals surface area contributed by atoms with Crippen molar-refractivity contribution in [1.82, 2.24) is 14.9 Å². The van der Waals surface area contributed by atoms with Gasteiger partial charge in [0.05, 0.1) is 21.8 Å². The second-order valence-electron chi connectivity index (χ2n) is 6.81. The Hall–Kier alpha value is -3.20. The van der Waals surface area contributed by atoms with E-state index in [4.69, 9.17) is 0 Å². The molecule has 8 nitrogen and oxygen atoms in total. The molecule has 1 aromatic heterocycles. The number of aryl methyl sites for hydroxylation is 1. The highest BCUT2D eigenvalue weighted by Gasteiger charge is 2.13. The van der Waals surface area contributed by atoms with E-state index in [0.29, 0.717) is 10.9 Å². The standard InChI is InChI=1S/C20H21N3O5S/c1-13(14-7-9-15(10-8-14)29(2,27)28)21-18(24)11-12-23-17-6-4-3-5-16(17)19(25)22-20(23)26/h3-10,13H,11-12H2,1-2H3,(H,21,24)(H,22,25,26)/t13-/m1/s1. The van der Waals surface area contributed by atoms with E-state index in [1.54, 1.807) is 43.3 Å². The lowest BCUT2D eigenvalue weighted by atomic mass is 10.1. The van der Waals surface area contributed by atoms with Gasteiger partial charge in [-0.15, -0.1) is 0 Å². The molecule has 0 bridgehead atoms. The predicted molar refractivity (Wildman–Crippen MR) is 110 cm³/mol. The molecule has 1 heterocycles. The van der Waals surface area contributed by atoms with Crippen molar-refractivity contribution in [2.24, 2.45) is 0 Å². The minimum absolute atomic E-state index is 0.0434. The Morgan fingerprint density at radius 3 is 2.41 bits per heavy atom. The van der Waals surface area contributed by atoms with Crippen molar-refractivity contribution < 1.29 is 13.2 Å². The largest absolute Gasteiger partial charge is 0.350 e. The lowest BCUT2D eigenvalue weighted by molar-refractivity contribution is -0.121. The van der Waals surface area contributed by atoms with E-state index in [1.165, 1.54) is 16.7 Å². The fourth-order valence-corrected chi connectivity index (χ4v) is 3.71. The quantitative estimate of drug-likeness (QED) is 0.630. The van der Waals surface area contributed by atoms with Crippen LogP contribution in [0.3, 0.4) is 0 Å². The Kier molecular flexibility index (Phi) is 5.69. The van der Waals surface area contributed by atoms with Gasteiger partial charge in [0.1, 0.15) is 0 Å². The van der Waals surface area contributed by atoms with Gasteiger partial charge in [-0.2, -0.15) is 0 Å². The highest BCUT2D eigenvalue weighted by molar-refractivity contribution is 7.90. The normalized spacial score (nSPS) is 12.6. The van der Waals surface area contributed by atoms with Crippen molar-refractivity contribution in [3.63, 3.8) is 0 Å². The molecule has 2 aromatic carbocycles. The Labute approximate surface area is 167 Å². The SMILES string of the molecule is C[C@@H](NC(=O)CCn1c(=O)[nH]c(=O)c2ccccc21)c1ccc(S(C)(=O)=O)cc1. The molecule has 1 amide bonds. The van der Waals surface area contributed by atoms with Crippen LogP contribution in [0, 0.1) is 0 Å². The van der Waals surface area contributed by atoms with Gasteiger partial charge >= 0.3 is 5.69 Å². The van der Waals surface area contributed by atoms with Crippen LogP contribution in [0.4, 0.5) is 0 Å². The number of carbonyl (C=O) groups is 1. The number of nitrogens with zero attached hydrogens (tertiary/aromatic N) is 1. The van der Waals surface area contributed by atoms with Gasteiger partial charge in [0.2, 0.25) is 5.91 Å². The van der Waals surface area contributed by atoms with Crippen molar-refractivity contribution in [3.8, 4) is 0 Å². The summed E-state index contributed by atoms with van der Waals surface area (Å²) in [5.41, 5.74) is 0.208. The van der Waals surface area contributed by atoms with Gasteiger partial charge in [0.25, 0.3) is 5.56 Å². The number of sulfone groups is 1. The zero-order valence-electron chi connectivity index (χ0n) is 16.0. The van der Waals surface area contributed by atoms with Gasteiger partial charge in [0.15, 0.2) is 9.84 Å². The van der Waals surface area contributed by atoms with Crippen LogP contribution < -0.4 is 16.6 Å². The van der Waals surface area contributed by atoms with Gasteiger partial charge < -0.3 is 5.32 Å². The van der Waals surface area contributed by atoms with Gasteiger partial charge in [0, 0.05) is 19.2 Å². The van der Waals surface area contributed by atoms with Crippen molar-refractivity contribution in [3.05, 3.63) is 74.9 Å². The maximum Gasteiger partial charge on any atom is 0.328 e. The number of hydrogen-bond donors (Lipinski definition) is 2. The third kappa shape index (κ3) is 4.62. The first kappa shape index (κ1) is 20.5. The van der Waals surface area contributed by atoms with E-state index in [2.05, 4.69) is 10.3 Å². The number of amides is 1. The van der Waals surface area contributed by atoms with Gasteiger partial charge in [-0.05, 0) is 36.8 Å². The van der Waals surface area contributed by atoms with Crippen LogP contribution in [0.2, 0.25) is 0 Å². The van der Waals surface area contributed by atoms with E-state index in [1.807, 2.05) is 0 Å². The van der Waals surface area contributed by atoms with E-state index in [9.17, 15) is 22.8 Å². The Morgan fingerprint density at radius 1 is 1.10 bits per heavy atom. The molecule has 0 radical (unpaired) electrons. The lowest BCUT2D eigenvalue weighted by Gasteiger charge is -2.15. The summed E-state index contributed by atoms with van der Waals surface area (Å²) in [7, 11) is -3.28. The van der Waals surface area contributed by atoms with Crippen molar-refractivity contribution in [2.45, 2.75) is 30.8 Å². The number of rotatable bonds is 6. The number of hydrogen-bond acceptors (Lipinski definition) is 5. The average Bonchev–Trinajstić information content (AvgIpc) is 2.67. The first-order valence-electron chi connectivity index (χ1n) is 8.98. The number of aromatic amines is 1. The van der Waals surface area contributed by atoms with Crippen LogP contribution in [0.5, 0.6) is 0 Å². The predicted octanol–water partition coefficient (Wildman–Crippen LogP) is 1.36. The summed E-state index contributed by atoms with van der Waals surface area (Å²) < 4.78 is 24.4. The molecule has 3 aromatic rings. The third-order valence-electron chi connectivity index (χ3n) is 4.65. The number of fused-ring (bicyclic) bond motifs is 1. The van der Waals surface area contributed by atoms with Gasteiger partial charge in [-0.1, -0.05) is 24.3 Å². The number of nitrogens with one attached hydrogen (secondary N) is 2. The monoisotopic (exact) mass is 415 g/mol. The van der Waals surface area contributed by atoms with Crippen LogP contribution in [0.1, 0.15) is 24.9 Å². The van der Waals surface area contributed by atoms with Crippen LogP contribution in [-0.4, -0.2) is 30.1 Å². The molecule has 0 aliphatic carbocycles. The van der Waals surface area contributed by atoms with Gasteiger partial charge in [-0.25, -0.2) is 13.2 Å². The molecule has 0 aliphatic rings. The third-order valence-corrected chi connectivity index (χ3v) is 5.78. The minimum Gasteiger partial charge on any atom is -0.350 e. The molecule has 3 rings (SSSR count). The van der Waals surface area contributed by atoms with Gasteiger partial charge in [-0.3, -0.25) is 19.1 Å². The molecule has 0 fully saturated rings. The molecule has 152 valence electrons. The van der Waals surface area contributed by atoms with E-state index >= 15 is 0 Å². The fourth-order valence-electron chi connectivity index (χ4n) is 3.08. The Morgan fingerprint density at radius 2 is 1.76 bits per heavy atom. The first-order valence-corrected chi connectivity index (χ1v) is 10.9. The number of para-hydroxylation sites is 1. The molecule has 0 unspecified atom stereocenters. The number of benzene rings is 2. The van der Waals surface area contributed by atoms with Crippen molar-refractivity contribution in [1.29, 1.82) is 0 Å². The summed E-state index contributed by atoms with van der Waals surface area (Å²) in [6.07, 6.45) is 1.18. The van der Waals surface area contributed by atoms with E-state index < -0.39 is 21.1 Å². The van der Waals surface area contributed by atoms with E-state index in [0.717, 1.165) is 11.8 Å². The smallest absolute Gasteiger partial charge is 0.328 e. The van der Waals surface area contributed by atoms with Crippen molar-refractivity contribution in [2.75, 3.05) is 6.26 Å².